The number of carbonyl (C=O) groups is 1. The summed E-state index contributed by atoms with van der Waals surface area (Å²) >= 11 is 0. The van der Waals surface area contributed by atoms with E-state index >= 15 is 0 Å². The number of aryl methyl sites for hydroxylation is 1. The van der Waals surface area contributed by atoms with Gasteiger partial charge >= 0.3 is 0 Å². The molecule has 0 unspecified atom stereocenters. The fourth-order valence-electron chi connectivity index (χ4n) is 3.55. The molecular weight excluding hydrogens is 392 g/mol. The van der Waals surface area contributed by atoms with E-state index in [-0.39, 0.29) is 18.0 Å². The molecule has 168 valence electrons. The van der Waals surface area contributed by atoms with E-state index in [0.717, 1.165) is 48.6 Å². The first-order chi connectivity index (χ1) is 14.8. The molecule has 1 atom stereocenters. The Hall–Kier alpha value is -2.74. The van der Waals surface area contributed by atoms with Gasteiger partial charge in [-0.3, -0.25) is 9.78 Å². The van der Waals surface area contributed by atoms with Crippen molar-refractivity contribution in [3.05, 3.63) is 29.6 Å². The summed E-state index contributed by atoms with van der Waals surface area (Å²) < 4.78 is 5.86. The molecule has 8 nitrogen and oxygen atoms in total. The lowest BCUT2D eigenvalue weighted by molar-refractivity contribution is -0.122. The van der Waals surface area contributed by atoms with Crippen molar-refractivity contribution in [2.75, 3.05) is 39.2 Å². The smallest absolute Gasteiger partial charge is 0.242 e. The molecule has 1 aliphatic rings. The van der Waals surface area contributed by atoms with E-state index in [0.29, 0.717) is 18.1 Å². The van der Waals surface area contributed by atoms with Crippen LogP contribution in [0.2, 0.25) is 0 Å². The molecule has 3 rings (SSSR count). The van der Waals surface area contributed by atoms with Gasteiger partial charge in [0.25, 0.3) is 0 Å². The Kier molecular flexibility index (Phi) is 7.43. The van der Waals surface area contributed by atoms with Crippen LogP contribution in [0, 0.1) is 0 Å². The van der Waals surface area contributed by atoms with Gasteiger partial charge in [-0.05, 0) is 60.2 Å². The number of aromatic nitrogens is 3. The lowest BCUT2D eigenvalue weighted by atomic mass is 10.1. The predicted molar refractivity (Wildman–Crippen MR) is 122 cm³/mol. The third-order valence-corrected chi connectivity index (χ3v) is 5.40. The number of fused-ring (bicyclic) bond motifs is 1. The van der Waals surface area contributed by atoms with Crippen LogP contribution in [-0.4, -0.2) is 72.1 Å². The summed E-state index contributed by atoms with van der Waals surface area (Å²) in [6, 6.07) is 3.47. The average Bonchev–Trinajstić information content (AvgIpc) is 3.20. The standard InChI is InChI=1S/C23H34N6O2/c1-15(2)25-23(30)16(3)29(6)22-18-8-7-9-19(18)26-21(27-22)20-14-17(10-11-24-20)31-13-12-28(4)5/h10-11,14-16H,7-9,12-13H2,1-6H3,(H,25,30)/t16-/m1/s1. The van der Waals surface area contributed by atoms with Crippen LogP contribution in [0.4, 0.5) is 5.82 Å². The van der Waals surface area contributed by atoms with Crippen molar-refractivity contribution in [1.82, 2.24) is 25.2 Å². The Morgan fingerprint density at radius 2 is 1.97 bits per heavy atom. The molecule has 0 saturated heterocycles. The molecule has 0 bridgehead atoms. The normalized spacial score (nSPS) is 13.9. The minimum absolute atomic E-state index is 0.0150. The number of ether oxygens (including phenoxy) is 1. The Balaban J connectivity index is 1.89. The zero-order valence-corrected chi connectivity index (χ0v) is 19.5. The minimum atomic E-state index is -0.344. The van der Waals surface area contributed by atoms with Crippen LogP contribution in [0.25, 0.3) is 11.5 Å². The number of hydrogen-bond acceptors (Lipinski definition) is 7. The first-order valence-corrected chi connectivity index (χ1v) is 10.9. The molecular formula is C23H34N6O2. The monoisotopic (exact) mass is 426 g/mol. The van der Waals surface area contributed by atoms with Gasteiger partial charge < -0.3 is 19.9 Å². The summed E-state index contributed by atoms with van der Waals surface area (Å²) in [4.78, 5) is 30.8. The lowest BCUT2D eigenvalue weighted by Crippen LogP contribution is -2.46. The number of likely N-dealkylation sites (N-methyl/N-ethyl adjacent to an activating group) is 2. The largest absolute Gasteiger partial charge is 0.492 e. The second-order valence-corrected chi connectivity index (χ2v) is 8.63. The van der Waals surface area contributed by atoms with Crippen LogP contribution in [0.15, 0.2) is 18.3 Å². The number of carbonyl (C=O) groups excluding carboxylic acids is 1. The molecule has 0 spiro atoms. The fourth-order valence-corrected chi connectivity index (χ4v) is 3.55. The van der Waals surface area contributed by atoms with Crippen molar-refractivity contribution in [3.63, 3.8) is 0 Å². The summed E-state index contributed by atoms with van der Waals surface area (Å²) in [5, 5.41) is 2.99. The molecule has 8 heteroatoms. The van der Waals surface area contributed by atoms with E-state index < -0.39 is 0 Å². The fraction of sp³-hybridized carbons (Fsp3) is 0.565. The maximum atomic E-state index is 12.6. The van der Waals surface area contributed by atoms with Gasteiger partial charge in [-0.25, -0.2) is 9.97 Å². The Morgan fingerprint density at radius 1 is 1.19 bits per heavy atom. The van der Waals surface area contributed by atoms with Gasteiger partial charge in [0.2, 0.25) is 5.91 Å². The number of nitrogens with one attached hydrogen (secondary N) is 1. The van der Waals surface area contributed by atoms with Crippen molar-refractivity contribution < 1.29 is 9.53 Å². The summed E-state index contributed by atoms with van der Waals surface area (Å²) in [7, 11) is 5.95. The van der Waals surface area contributed by atoms with Gasteiger partial charge in [0.05, 0.1) is 0 Å². The lowest BCUT2D eigenvalue weighted by Gasteiger charge is -2.28. The van der Waals surface area contributed by atoms with Crippen molar-refractivity contribution in [3.8, 4) is 17.3 Å². The molecule has 1 N–H and O–H groups in total. The number of amides is 1. The molecule has 0 radical (unpaired) electrons. The molecule has 31 heavy (non-hydrogen) atoms. The third-order valence-electron chi connectivity index (χ3n) is 5.40. The molecule has 2 aromatic heterocycles. The number of pyridine rings is 1. The second kappa shape index (κ2) is 10.0. The van der Waals surface area contributed by atoms with Crippen LogP contribution in [0.3, 0.4) is 0 Å². The van der Waals surface area contributed by atoms with E-state index in [4.69, 9.17) is 14.7 Å². The number of rotatable bonds is 9. The van der Waals surface area contributed by atoms with Gasteiger partial charge in [0, 0.05) is 43.2 Å². The van der Waals surface area contributed by atoms with Crippen molar-refractivity contribution in [1.29, 1.82) is 0 Å². The van der Waals surface area contributed by atoms with Crippen LogP contribution < -0.4 is 15.0 Å². The van der Waals surface area contributed by atoms with Crippen molar-refractivity contribution in [2.24, 2.45) is 0 Å². The van der Waals surface area contributed by atoms with Crippen LogP contribution in [-0.2, 0) is 17.6 Å². The first-order valence-electron chi connectivity index (χ1n) is 10.9. The second-order valence-electron chi connectivity index (χ2n) is 8.63. The quantitative estimate of drug-likeness (QED) is 0.659. The number of anilines is 1. The molecule has 0 fully saturated rings. The summed E-state index contributed by atoms with van der Waals surface area (Å²) in [5.41, 5.74) is 2.85. The van der Waals surface area contributed by atoms with Crippen molar-refractivity contribution in [2.45, 2.75) is 52.1 Å². The predicted octanol–water partition coefficient (Wildman–Crippen LogP) is 2.32. The Morgan fingerprint density at radius 3 is 2.68 bits per heavy atom. The third kappa shape index (κ3) is 5.70. The van der Waals surface area contributed by atoms with Crippen LogP contribution >= 0.6 is 0 Å². The molecule has 0 aromatic carbocycles. The number of nitrogens with zero attached hydrogens (tertiary/aromatic N) is 5. The highest BCUT2D eigenvalue weighted by Crippen LogP contribution is 2.32. The Bertz CT molecular complexity index is 915. The zero-order chi connectivity index (χ0) is 22.5. The molecule has 2 aromatic rings. The SMILES string of the molecule is CC(C)NC(=O)[C@@H](C)N(C)c1nc(-c2cc(OCCN(C)C)ccn2)nc2c1CCC2. The molecule has 1 aliphatic carbocycles. The summed E-state index contributed by atoms with van der Waals surface area (Å²) in [5.74, 6) is 2.11. The topological polar surface area (TPSA) is 83.5 Å². The zero-order valence-electron chi connectivity index (χ0n) is 19.5. The van der Waals surface area contributed by atoms with Crippen molar-refractivity contribution >= 4 is 11.7 Å². The summed E-state index contributed by atoms with van der Waals surface area (Å²) in [6.45, 7) is 7.25. The average molecular weight is 427 g/mol. The molecule has 0 saturated carbocycles. The summed E-state index contributed by atoms with van der Waals surface area (Å²) in [6.07, 6.45) is 4.60. The minimum Gasteiger partial charge on any atom is -0.492 e. The van der Waals surface area contributed by atoms with Gasteiger partial charge in [-0.2, -0.15) is 0 Å². The van der Waals surface area contributed by atoms with E-state index in [2.05, 4.69) is 15.2 Å². The van der Waals surface area contributed by atoms with E-state index in [1.807, 2.05) is 58.9 Å². The van der Waals surface area contributed by atoms with Crippen LogP contribution in [0.1, 0.15) is 38.4 Å². The highest BCUT2D eigenvalue weighted by atomic mass is 16.5. The van der Waals surface area contributed by atoms with Gasteiger partial charge in [0.1, 0.15) is 29.9 Å². The van der Waals surface area contributed by atoms with Crippen LogP contribution in [0.5, 0.6) is 5.75 Å². The van der Waals surface area contributed by atoms with E-state index in [1.165, 1.54) is 0 Å². The maximum absolute atomic E-state index is 12.6. The highest BCUT2D eigenvalue weighted by molar-refractivity contribution is 5.85. The van der Waals surface area contributed by atoms with Gasteiger partial charge in [0.15, 0.2) is 5.82 Å². The number of hydrogen-bond donors (Lipinski definition) is 1. The Labute approximate surface area is 185 Å². The maximum Gasteiger partial charge on any atom is 0.242 e. The van der Waals surface area contributed by atoms with E-state index in [1.54, 1.807) is 6.20 Å². The molecule has 0 aliphatic heterocycles. The van der Waals surface area contributed by atoms with Gasteiger partial charge in [-0.1, -0.05) is 0 Å². The molecule has 1 amide bonds. The van der Waals surface area contributed by atoms with Gasteiger partial charge in [-0.15, -0.1) is 0 Å². The molecule has 2 heterocycles. The first kappa shape index (κ1) is 22.9. The van der Waals surface area contributed by atoms with E-state index in [9.17, 15) is 4.79 Å². The highest BCUT2D eigenvalue weighted by Gasteiger charge is 2.27.